The average Bonchev–Trinajstić information content (AvgIpc) is 2.72. The standard InChI is InChI=1S/C22H20N2O4S/c1-15(18-7-8-20-12-21(28-2)10-9-19(20)11-18)22(25)24-29(26,27)14-17-5-3-16(13-23)4-6-17/h3-12,15H,14H2,1-2H3,(H,24,25). The SMILES string of the molecule is COc1ccc2cc(C(C)C(=O)NS(=O)(=O)Cc3ccc(C#N)cc3)ccc2c1. The van der Waals surface area contributed by atoms with Crippen molar-refractivity contribution in [3.05, 3.63) is 77.4 Å². The van der Waals surface area contributed by atoms with Crippen LogP contribution in [0.4, 0.5) is 0 Å². The quantitative estimate of drug-likeness (QED) is 0.674. The first-order valence-electron chi connectivity index (χ1n) is 8.92. The molecule has 0 aromatic heterocycles. The monoisotopic (exact) mass is 408 g/mol. The Bertz CT molecular complexity index is 1200. The Labute approximate surface area is 169 Å². The van der Waals surface area contributed by atoms with Crippen molar-refractivity contribution in [3.8, 4) is 11.8 Å². The summed E-state index contributed by atoms with van der Waals surface area (Å²) in [5, 5.41) is 10.7. The van der Waals surface area contributed by atoms with Gasteiger partial charge in [-0.15, -0.1) is 0 Å². The molecule has 3 aromatic carbocycles. The Hall–Kier alpha value is -3.37. The van der Waals surface area contributed by atoms with Gasteiger partial charge in [-0.1, -0.05) is 36.4 Å². The zero-order valence-corrected chi connectivity index (χ0v) is 16.9. The fraction of sp³-hybridized carbons (Fsp3) is 0.182. The predicted octanol–water partition coefficient (Wildman–Crippen LogP) is 3.47. The zero-order chi connectivity index (χ0) is 21.0. The van der Waals surface area contributed by atoms with E-state index in [1.165, 1.54) is 0 Å². The van der Waals surface area contributed by atoms with Gasteiger partial charge < -0.3 is 4.74 Å². The van der Waals surface area contributed by atoms with E-state index in [9.17, 15) is 13.2 Å². The Morgan fingerprint density at radius 3 is 2.38 bits per heavy atom. The first-order valence-corrected chi connectivity index (χ1v) is 10.6. The van der Waals surface area contributed by atoms with Gasteiger partial charge in [0.1, 0.15) is 5.75 Å². The number of ether oxygens (including phenoxy) is 1. The van der Waals surface area contributed by atoms with Crippen LogP contribution in [-0.4, -0.2) is 21.4 Å². The molecule has 0 fully saturated rings. The molecule has 0 bridgehead atoms. The fourth-order valence-electron chi connectivity index (χ4n) is 2.96. The van der Waals surface area contributed by atoms with E-state index in [2.05, 4.69) is 4.72 Å². The zero-order valence-electron chi connectivity index (χ0n) is 16.0. The smallest absolute Gasteiger partial charge is 0.240 e. The van der Waals surface area contributed by atoms with Gasteiger partial charge in [0, 0.05) is 0 Å². The van der Waals surface area contributed by atoms with Gasteiger partial charge in [-0.25, -0.2) is 8.42 Å². The van der Waals surface area contributed by atoms with E-state index < -0.39 is 21.8 Å². The van der Waals surface area contributed by atoms with Crippen LogP contribution in [0.1, 0.15) is 29.5 Å². The fourth-order valence-corrected chi connectivity index (χ4v) is 4.15. The topological polar surface area (TPSA) is 96.3 Å². The molecule has 3 aromatic rings. The van der Waals surface area contributed by atoms with Gasteiger partial charge in [0.2, 0.25) is 15.9 Å². The van der Waals surface area contributed by atoms with E-state index in [0.717, 1.165) is 16.5 Å². The summed E-state index contributed by atoms with van der Waals surface area (Å²) in [5.41, 5.74) is 1.66. The number of fused-ring (bicyclic) bond motifs is 1. The molecule has 0 aliphatic rings. The van der Waals surface area contributed by atoms with Crippen LogP contribution >= 0.6 is 0 Å². The van der Waals surface area contributed by atoms with Crippen molar-refractivity contribution in [2.24, 2.45) is 0 Å². The van der Waals surface area contributed by atoms with Gasteiger partial charge in [-0.05, 0) is 53.1 Å². The third kappa shape index (κ3) is 4.92. The maximum absolute atomic E-state index is 12.5. The maximum atomic E-state index is 12.5. The highest BCUT2D eigenvalue weighted by atomic mass is 32.2. The molecule has 148 valence electrons. The van der Waals surface area contributed by atoms with Gasteiger partial charge in [0.05, 0.1) is 30.4 Å². The molecule has 29 heavy (non-hydrogen) atoms. The second kappa shape index (κ2) is 8.33. The van der Waals surface area contributed by atoms with E-state index in [1.807, 2.05) is 36.4 Å². The highest BCUT2D eigenvalue weighted by Gasteiger charge is 2.22. The Kier molecular flexibility index (Phi) is 5.85. The number of carbonyl (C=O) groups is 1. The van der Waals surface area contributed by atoms with Crippen LogP contribution in [0.3, 0.4) is 0 Å². The summed E-state index contributed by atoms with van der Waals surface area (Å²) in [7, 11) is -2.26. The van der Waals surface area contributed by atoms with Crippen molar-refractivity contribution < 1.29 is 17.9 Å². The van der Waals surface area contributed by atoms with Gasteiger partial charge in [0.15, 0.2) is 0 Å². The minimum absolute atomic E-state index is 0.339. The molecule has 0 saturated carbocycles. The number of nitrogens with zero attached hydrogens (tertiary/aromatic N) is 1. The lowest BCUT2D eigenvalue weighted by Crippen LogP contribution is -2.34. The number of hydrogen-bond acceptors (Lipinski definition) is 5. The number of benzene rings is 3. The summed E-state index contributed by atoms with van der Waals surface area (Å²) < 4.78 is 32.1. The summed E-state index contributed by atoms with van der Waals surface area (Å²) in [6.07, 6.45) is 0. The summed E-state index contributed by atoms with van der Waals surface area (Å²) in [5.74, 6) is -0.831. The first kappa shape index (κ1) is 20.4. The summed E-state index contributed by atoms with van der Waals surface area (Å²) >= 11 is 0. The van der Waals surface area contributed by atoms with Crippen LogP contribution in [0.2, 0.25) is 0 Å². The Balaban J connectivity index is 1.73. The van der Waals surface area contributed by atoms with Gasteiger partial charge in [0.25, 0.3) is 0 Å². The van der Waals surface area contributed by atoms with E-state index in [-0.39, 0.29) is 5.75 Å². The number of sulfonamides is 1. The van der Waals surface area contributed by atoms with Crippen LogP contribution in [0.25, 0.3) is 10.8 Å². The van der Waals surface area contributed by atoms with Crippen molar-refractivity contribution in [1.82, 2.24) is 4.72 Å². The van der Waals surface area contributed by atoms with Crippen LogP contribution < -0.4 is 9.46 Å². The van der Waals surface area contributed by atoms with E-state index in [0.29, 0.717) is 16.7 Å². The third-order valence-electron chi connectivity index (χ3n) is 4.66. The van der Waals surface area contributed by atoms with Crippen molar-refractivity contribution in [2.75, 3.05) is 7.11 Å². The average molecular weight is 408 g/mol. The minimum Gasteiger partial charge on any atom is -0.497 e. The molecule has 0 radical (unpaired) electrons. The van der Waals surface area contributed by atoms with Crippen molar-refractivity contribution in [3.63, 3.8) is 0 Å². The van der Waals surface area contributed by atoms with Crippen molar-refractivity contribution in [2.45, 2.75) is 18.6 Å². The number of nitriles is 1. The molecular weight excluding hydrogens is 388 g/mol. The largest absolute Gasteiger partial charge is 0.497 e. The predicted molar refractivity (Wildman–Crippen MR) is 111 cm³/mol. The van der Waals surface area contributed by atoms with E-state index >= 15 is 0 Å². The highest BCUT2D eigenvalue weighted by Crippen LogP contribution is 2.25. The first-order chi connectivity index (χ1) is 13.8. The molecule has 1 N–H and O–H groups in total. The summed E-state index contributed by atoms with van der Waals surface area (Å²) in [6.45, 7) is 1.66. The van der Waals surface area contributed by atoms with Crippen LogP contribution in [0.15, 0.2) is 60.7 Å². The lowest BCUT2D eigenvalue weighted by atomic mass is 9.97. The summed E-state index contributed by atoms with van der Waals surface area (Å²) in [6, 6.07) is 19.3. The van der Waals surface area contributed by atoms with E-state index in [4.69, 9.17) is 10.00 Å². The number of nitrogens with one attached hydrogen (secondary N) is 1. The van der Waals surface area contributed by atoms with Gasteiger partial charge in [-0.3, -0.25) is 9.52 Å². The van der Waals surface area contributed by atoms with Crippen LogP contribution in [-0.2, 0) is 20.6 Å². The lowest BCUT2D eigenvalue weighted by molar-refractivity contribution is -0.120. The number of methoxy groups -OCH3 is 1. The summed E-state index contributed by atoms with van der Waals surface area (Å²) in [4.78, 5) is 12.5. The molecule has 0 aliphatic heterocycles. The second-order valence-corrected chi connectivity index (χ2v) is 8.45. The lowest BCUT2D eigenvalue weighted by Gasteiger charge is -2.14. The molecule has 0 aliphatic carbocycles. The third-order valence-corrected chi connectivity index (χ3v) is 5.89. The van der Waals surface area contributed by atoms with Crippen LogP contribution in [0.5, 0.6) is 5.75 Å². The maximum Gasteiger partial charge on any atom is 0.240 e. The Morgan fingerprint density at radius 1 is 1.07 bits per heavy atom. The molecule has 0 spiro atoms. The Morgan fingerprint density at radius 2 is 1.72 bits per heavy atom. The molecular formula is C22H20N2O4S. The second-order valence-electron chi connectivity index (χ2n) is 6.73. The van der Waals surface area contributed by atoms with Gasteiger partial charge in [-0.2, -0.15) is 5.26 Å². The highest BCUT2D eigenvalue weighted by molar-refractivity contribution is 7.89. The molecule has 0 heterocycles. The molecule has 7 heteroatoms. The van der Waals surface area contributed by atoms with Crippen molar-refractivity contribution >= 4 is 26.7 Å². The van der Waals surface area contributed by atoms with Crippen LogP contribution in [0, 0.1) is 11.3 Å². The molecule has 6 nitrogen and oxygen atoms in total. The number of carbonyl (C=O) groups excluding carboxylic acids is 1. The number of hydrogen-bond donors (Lipinski definition) is 1. The molecule has 1 atom stereocenters. The normalized spacial score (nSPS) is 12.2. The molecule has 1 unspecified atom stereocenters. The number of rotatable bonds is 6. The van der Waals surface area contributed by atoms with Crippen molar-refractivity contribution in [1.29, 1.82) is 5.26 Å². The number of amides is 1. The van der Waals surface area contributed by atoms with Gasteiger partial charge >= 0.3 is 0 Å². The van der Waals surface area contributed by atoms with E-state index in [1.54, 1.807) is 44.4 Å². The molecule has 1 amide bonds. The minimum atomic E-state index is -3.86. The molecule has 0 saturated heterocycles. The molecule has 3 rings (SSSR count).